The summed E-state index contributed by atoms with van der Waals surface area (Å²) >= 11 is 0. The van der Waals surface area contributed by atoms with Crippen molar-refractivity contribution in [3.63, 3.8) is 0 Å². The zero-order valence-corrected chi connectivity index (χ0v) is 10.5. The van der Waals surface area contributed by atoms with Crippen LogP contribution in [0, 0.1) is 6.92 Å². The van der Waals surface area contributed by atoms with Crippen molar-refractivity contribution < 1.29 is 4.74 Å². The van der Waals surface area contributed by atoms with E-state index in [9.17, 15) is 0 Å². The number of aryl methyl sites for hydroxylation is 1. The molecule has 0 amide bonds. The third-order valence-electron chi connectivity index (χ3n) is 3.80. The van der Waals surface area contributed by atoms with Crippen molar-refractivity contribution in [3.8, 4) is 5.75 Å². The molecule has 0 atom stereocenters. The van der Waals surface area contributed by atoms with Crippen LogP contribution in [0.2, 0.25) is 0 Å². The van der Waals surface area contributed by atoms with Crippen molar-refractivity contribution in [1.29, 1.82) is 0 Å². The Morgan fingerprint density at radius 1 is 1.18 bits per heavy atom. The van der Waals surface area contributed by atoms with Crippen LogP contribution in [0.3, 0.4) is 0 Å². The van der Waals surface area contributed by atoms with E-state index < -0.39 is 0 Å². The molecule has 2 nitrogen and oxygen atoms in total. The smallest absolute Gasteiger partial charge is 0.130 e. The van der Waals surface area contributed by atoms with Gasteiger partial charge in [-0.3, -0.25) is 0 Å². The molecule has 2 heterocycles. The molecule has 1 fully saturated rings. The molecule has 0 radical (unpaired) electrons. The van der Waals surface area contributed by atoms with Gasteiger partial charge in [0.15, 0.2) is 0 Å². The van der Waals surface area contributed by atoms with Crippen LogP contribution in [0.25, 0.3) is 5.57 Å². The molecule has 17 heavy (non-hydrogen) atoms. The summed E-state index contributed by atoms with van der Waals surface area (Å²) in [5, 5.41) is 3.39. The van der Waals surface area contributed by atoms with Gasteiger partial charge in [0.1, 0.15) is 11.4 Å². The molecule has 1 aromatic carbocycles. The predicted octanol–water partition coefficient (Wildman–Crippen LogP) is 2.91. The lowest BCUT2D eigenvalue weighted by atomic mass is 9.86. The number of hydrogen-bond acceptors (Lipinski definition) is 2. The van der Waals surface area contributed by atoms with Crippen LogP contribution in [0.15, 0.2) is 24.3 Å². The minimum atomic E-state index is -0.0579. The summed E-state index contributed by atoms with van der Waals surface area (Å²) < 4.78 is 6.27. The molecule has 2 aliphatic rings. The van der Waals surface area contributed by atoms with E-state index >= 15 is 0 Å². The van der Waals surface area contributed by atoms with Crippen molar-refractivity contribution in [2.45, 2.75) is 32.3 Å². The van der Waals surface area contributed by atoms with Crippen molar-refractivity contribution in [1.82, 2.24) is 5.32 Å². The Morgan fingerprint density at radius 3 is 2.71 bits per heavy atom. The highest BCUT2D eigenvalue weighted by Gasteiger charge is 2.35. The third kappa shape index (κ3) is 1.87. The maximum atomic E-state index is 6.27. The van der Waals surface area contributed by atoms with E-state index in [2.05, 4.69) is 43.4 Å². The molecule has 1 spiro atoms. The third-order valence-corrected chi connectivity index (χ3v) is 3.80. The molecule has 0 bridgehead atoms. The van der Waals surface area contributed by atoms with E-state index in [0.29, 0.717) is 0 Å². The second-order valence-electron chi connectivity index (χ2n) is 5.24. The van der Waals surface area contributed by atoms with Crippen LogP contribution in [0.4, 0.5) is 0 Å². The molecule has 3 rings (SSSR count). The first-order valence-electron chi connectivity index (χ1n) is 6.39. The molecule has 1 aromatic rings. The fraction of sp³-hybridized carbons (Fsp3) is 0.467. The highest BCUT2D eigenvalue weighted by atomic mass is 16.5. The normalized spacial score (nSPS) is 21.6. The van der Waals surface area contributed by atoms with Crippen LogP contribution in [-0.2, 0) is 0 Å². The molecule has 0 aromatic heterocycles. The zero-order valence-electron chi connectivity index (χ0n) is 10.5. The van der Waals surface area contributed by atoms with E-state index in [0.717, 1.165) is 31.7 Å². The number of fused-ring (bicyclic) bond motifs is 1. The fourth-order valence-corrected chi connectivity index (χ4v) is 2.86. The van der Waals surface area contributed by atoms with Gasteiger partial charge in [-0.25, -0.2) is 0 Å². The van der Waals surface area contributed by atoms with E-state index in [1.54, 1.807) is 0 Å². The van der Waals surface area contributed by atoms with Gasteiger partial charge in [0, 0.05) is 18.4 Å². The molecule has 1 N–H and O–H groups in total. The largest absolute Gasteiger partial charge is 0.482 e. The Labute approximate surface area is 103 Å². The Kier molecular flexibility index (Phi) is 2.48. The monoisotopic (exact) mass is 229 g/mol. The minimum absolute atomic E-state index is 0.0579. The molecular weight excluding hydrogens is 210 g/mol. The molecule has 1 saturated heterocycles. The van der Waals surface area contributed by atoms with Gasteiger partial charge >= 0.3 is 0 Å². The summed E-state index contributed by atoms with van der Waals surface area (Å²) in [5.74, 6) is 1.05. The maximum Gasteiger partial charge on any atom is 0.130 e. The second kappa shape index (κ2) is 3.88. The van der Waals surface area contributed by atoms with Gasteiger partial charge in [-0.2, -0.15) is 0 Å². The summed E-state index contributed by atoms with van der Waals surface area (Å²) in [6, 6.07) is 6.46. The highest BCUT2D eigenvalue weighted by molar-refractivity contribution is 5.72. The molecule has 0 saturated carbocycles. The van der Waals surface area contributed by atoms with Gasteiger partial charge in [-0.15, -0.1) is 0 Å². The Balaban J connectivity index is 2.02. The van der Waals surface area contributed by atoms with Gasteiger partial charge in [0.05, 0.1) is 0 Å². The number of rotatable bonds is 0. The zero-order chi connectivity index (χ0) is 11.9. The summed E-state index contributed by atoms with van der Waals surface area (Å²) in [4.78, 5) is 0. The van der Waals surface area contributed by atoms with Crippen molar-refractivity contribution >= 4 is 5.57 Å². The summed E-state index contributed by atoms with van der Waals surface area (Å²) in [7, 11) is 0. The number of nitrogens with one attached hydrogen (secondary N) is 1. The summed E-state index contributed by atoms with van der Waals surface area (Å²) in [6.07, 6.45) is 4.46. The molecule has 0 aliphatic carbocycles. The van der Waals surface area contributed by atoms with E-state index in [4.69, 9.17) is 4.74 Å². The first-order chi connectivity index (χ1) is 8.19. The Morgan fingerprint density at radius 2 is 1.94 bits per heavy atom. The van der Waals surface area contributed by atoms with Crippen molar-refractivity contribution in [3.05, 3.63) is 35.4 Å². The standard InChI is InChI=1S/C15H19NO/c1-11-3-4-14-13(9-11)12(2)10-15(17-14)5-7-16-8-6-15/h3-4,9-10,16H,5-8H2,1-2H3. The lowest BCUT2D eigenvalue weighted by Gasteiger charge is -2.39. The SMILES string of the molecule is CC1=CC2(CCNCC2)Oc2ccc(C)cc21. The molecule has 2 aliphatic heterocycles. The Hall–Kier alpha value is -1.28. The number of benzene rings is 1. The predicted molar refractivity (Wildman–Crippen MR) is 70.3 cm³/mol. The number of ether oxygens (including phenoxy) is 1. The topological polar surface area (TPSA) is 21.3 Å². The molecule has 2 heteroatoms. The Bertz CT molecular complexity index is 470. The van der Waals surface area contributed by atoms with Gasteiger partial charge < -0.3 is 10.1 Å². The lowest BCUT2D eigenvalue weighted by Crippen LogP contribution is -2.46. The number of hydrogen-bond donors (Lipinski definition) is 1. The van der Waals surface area contributed by atoms with E-state index in [1.807, 2.05) is 0 Å². The highest BCUT2D eigenvalue weighted by Crippen LogP contribution is 2.39. The first kappa shape index (κ1) is 10.8. The van der Waals surface area contributed by atoms with Crippen molar-refractivity contribution in [2.75, 3.05) is 13.1 Å². The molecule has 0 unspecified atom stereocenters. The average molecular weight is 229 g/mol. The molecular formula is C15H19NO. The van der Waals surface area contributed by atoms with Crippen LogP contribution in [-0.4, -0.2) is 18.7 Å². The van der Waals surface area contributed by atoms with Crippen LogP contribution < -0.4 is 10.1 Å². The minimum Gasteiger partial charge on any atom is -0.482 e. The summed E-state index contributed by atoms with van der Waals surface area (Å²) in [6.45, 7) is 6.42. The first-order valence-corrected chi connectivity index (χ1v) is 6.39. The van der Waals surface area contributed by atoms with E-state index in [-0.39, 0.29) is 5.60 Å². The lowest BCUT2D eigenvalue weighted by molar-refractivity contribution is 0.0815. The second-order valence-corrected chi connectivity index (χ2v) is 5.24. The van der Waals surface area contributed by atoms with Crippen LogP contribution >= 0.6 is 0 Å². The fourth-order valence-electron chi connectivity index (χ4n) is 2.86. The van der Waals surface area contributed by atoms with Gasteiger partial charge in [0.25, 0.3) is 0 Å². The van der Waals surface area contributed by atoms with Gasteiger partial charge in [-0.05, 0) is 50.7 Å². The summed E-state index contributed by atoms with van der Waals surface area (Å²) in [5.41, 5.74) is 3.85. The van der Waals surface area contributed by atoms with E-state index in [1.165, 1.54) is 16.7 Å². The quantitative estimate of drug-likeness (QED) is 0.738. The van der Waals surface area contributed by atoms with Crippen LogP contribution in [0.1, 0.15) is 30.9 Å². The number of piperidine rings is 1. The van der Waals surface area contributed by atoms with Gasteiger partial charge in [0.2, 0.25) is 0 Å². The molecule has 90 valence electrons. The van der Waals surface area contributed by atoms with Gasteiger partial charge in [-0.1, -0.05) is 11.6 Å². The van der Waals surface area contributed by atoms with Crippen molar-refractivity contribution in [2.24, 2.45) is 0 Å². The average Bonchev–Trinajstić information content (AvgIpc) is 2.31. The number of allylic oxidation sites excluding steroid dienone is 1. The maximum absolute atomic E-state index is 6.27. The van der Waals surface area contributed by atoms with Crippen LogP contribution in [0.5, 0.6) is 5.75 Å².